The van der Waals surface area contributed by atoms with Crippen molar-refractivity contribution in [3.05, 3.63) is 26.6 Å². The molecule has 0 spiro atoms. The lowest BCUT2D eigenvalue weighted by molar-refractivity contribution is 0.0393. The predicted octanol–water partition coefficient (Wildman–Crippen LogP) is 2.33. The molecule has 3 rings (SSSR count). The van der Waals surface area contributed by atoms with Gasteiger partial charge in [0.15, 0.2) is 0 Å². The highest BCUT2D eigenvalue weighted by Crippen LogP contribution is 2.28. The zero-order valence-corrected chi connectivity index (χ0v) is 16.3. The second-order valence-corrected chi connectivity index (χ2v) is 7.84. The number of ether oxygens (including phenoxy) is 2. The van der Waals surface area contributed by atoms with Crippen molar-refractivity contribution in [3.63, 3.8) is 0 Å². The molecule has 8 heteroatoms. The van der Waals surface area contributed by atoms with Gasteiger partial charge in [-0.1, -0.05) is 6.92 Å². The minimum absolute atomic E-state index is 0.186. The van der Waals surface area contributed by atoms with Gasteiger partial charge >= 0.3 is 5.97 Å². The normalized spacial score (nSPS) is 16.3. The number of aryl methyl sites for hydroxylation is 1. The number of nitrogens with one attached hydrogen (secondary N) is 1. The number of aromatic nitrogens is 2. The number of piperidine rings is 1. The number of hydrogen-bond acceptors (Lipinski definition) is 7. The largest absolute Gasteiger partial charge is 0.459 e. The first kappa shape index (κ1) is 19.0. The van der Waals surface area contributed by atoms with E-state index in [-0.39, 0.29) is 12.2 Å². The summed E-state index contributed by atoms with van der Waals surface area (Å²) in [4.78, 5) is 35.6. The van der Waals surface area contributed by atoms with E-state index in [4.69, 9.17) is 9.47 Å². The van der Waals surface area contributed by atoms with Crippen molar-refractivity contribution in [2.45, 2.75) is 33.2 Å². The lowest BCUT2D eigenvalue weighted by Crippen LogP contribution is -2.33. The van der Waals surface area contributed by atoms with Gasteiger partial charge in [-0.05, 0) is 44.3 Å². The number of aromatic amines is 1. The summed E-state index contributed by atoms with van der Waals surface area (Å²) in [7, 11) is 1.55. The zero-order chi connectivity index (χ0) is 18.7. The summed E-state index contributed by atoms with van der Waals surface area (Å²) in [5, 5.41) is 0.477. The molecular weight excluding hydrogens is 354 g/mol. The summed E-state index contributed by atoms with van der Waals surface area (Å²) >= 11 is 1.22. The quantitative estimate of drug-likeness (QED) is 0.613. The average molecular weight is 379 g/mol. The Bertz CT molecular complexity index is 837. The number of hydrogen-bond donors (Lipinski definition) is 1. The van der Waals surface area contributed by atoms with Gasteiger partial charge in [-0.25, -0.2) is 9.78 Å². The van der Waals surface area contributed by atoms with Crippen LogP contribution in [0.2, 0.25) is 0 Å². The molecule has 1 saturated heterocycles. The molecule has 3 heterocycles. The number of H-pyrrole nitrogens is 1. The number of likely N-dealkylation sites (tertiary alicyclic amines) is 1. The second-order valence-electron chi connectivity index (χ2n) is 6.84. The number of rotatable bonds is 6. The minimum Gasteiger partial charge on any atom is -0.459 e. The third-order valence-electron chi connectivity index (χ3n) is 4.81. The molecule has 2 aromatic rings. The topological polar surface area (TPSA) is 84.5 Å². The van der Waals surface area contributed by atoms with Gasteiger partial charge in [0, 0.05) is 7.11 Å². The first-order chi connectivity index (χ1) is 12.5. The molecule has 1 aliphatic rings. The van der Waals surface area contributed by atoms with Crippen molar-refractivity contribution in [2.75, 3.05) is 33.4 Å². The van der Waals surface area contributed by atoms with Crippen molar-refractivity contribution >= 4 is 27.5 Å². The standard InChI is InChI=1S/C18H25N3O4S/c1-11-4-6-21(7-5-11)10-13-19-16(22)14-12(2)15(26-17(14)20-13)18(23)25-9-8-24-3/h11H,4-10H2,1-3H3,(H,19,20,22). The number of methoxy groups -OCH3 is 1. The highest BCUT2D eigenvalue weighted by Gasteiger charge is 2.22. The van der Waals surface area contributed by atoms with Gasteiger partial charge in [-0.2, -0.15) is 0 Å². The van der Waals surface area contributed by atoms with E-state index in [1.807, 2.05) is 0 Å². The molecule has 0 saturated carbocycles. The van der Waals surface area contributed by atoms with Crippen LogP contribution in [0.15, 0.2) is 4.79 Å². The highest BCUT2D eigenvalue weighted by atomic mass is 32.1. The predicted molar refractivity (Wildman–Crippen MR) is 101 cm³/mol. The molecule has 2 aromatic heterocycles. The van der Waals surface area contributed by atoms with E-state index in [2.05, 4.69) is 21.8 Å². The molecule has 0 unspecified atom stereocenters. The molecule has 142 valence electrons. The van der Waals surface area contributed by atoms with E-state index >= 15 is 0 Å². The van der Waals surface area contributed by atoms with Crippen molar-refractivity contribution < 1.29 is 14.3 Å². The molecule has 0 atom stereocenters. The van der Waals surface area contributed by atoms with Gasteiger partial charge in [0.05, 0.1) is 18.5 Å². The fourth-order valence-corrected chi connectivity index (χ4v) is 4.27. The number of nitrogens with zero attached hydrogens (tertiary/aromatic N) is 2. The average Bonchev–Trinajstić information content (AvgIpc) is 2.94. The monoisotopic (exact) mass is 379 g/mol. The van der Waals surface area contributed by atoms with Gasteiger partial charge in [-0.15, -0.1) is 11.3 Å². The van der Waals surface area contributed by atoms with Crippen LogP contribution in [0, 0.1) is 12.8 Å². The fraction of sp³-hybridized carbons (Fsp3) is 0.611. The van der Waals surface area contributed by atoms with Crippen LogP contribution in [0.3, 0.4) is 0 Å². The number of carbonyl (C=O) groups is 1. The maximum absolute atomic E-state index is 12.5. The molecule has 1 N–H and O–H groups in total. The van der Waals surface area contributed by atoms with Gasteiger partial charge in [-0.3, -0.25) is 9.69 Å². The van der Waals surface area contributed by atoms with Crippen LogP contribution in [-0.4, -0.2) is 54.3 Å². The summed E-state index contributed by atoms with van der Waals surface area (Å²) in [5.74, 6) is 0.971. The molecule has 1 fully saturated rings. The van der Waals surface area contributed by atoms with Crippen molar-refractivity contribution in [1.29, 1.82) is 0 Å². The van der Waals surface area contributed by atoms with E-state index < -0.39 is 5.97 Å². The SMILES string of the molecule is COCCOC(=O)c1sc2nc(CN3CCC(C)CC3)[nH]c(=O)c2c1C. The van der Waals surface area contributed by atoms with E-state index in [0.29, 0.717) is 39.6 Å². The molecule has 0 radical (unpaired) electrons. The van der Waals surface area contributed by atoms with Crippen LogP contribution in [0.25, 0.3) is 10.2 Å². The lowest BCUT2D eigenvalue weighted by atomic mass is 9.99. The van der Waals surface area contributed by atoms with Crippen LogP contribution in [0.1, 0.15) is 40.8 Å². The maximum atomic E-state index is 12.5. The van der Waals surface area contributed by atoms with Crippen LogP contribution in [0.5, 0.6) is 0 Å². The summed E-state index contributed by atoms with van der Waals surface area (Å²) in [6, 6.07) is 0. The van der Waals surface area contributed by atoms with E-state index in [1.165, 1.54) is 24.2 Å². The molecule has 26 heavy (non-hydrogen) atoms. The van der Waals surface area contributed by atoms with Crippen LogP contribution < -0.4 is 5.56 Å². The molecule has 0 bridgehead atoms. The van der Waals surface area contributed by atoms with Gasteiger partial charge in [0.2, 0.25) is 0 Å². The molecule has 7 nitrogen and oxygen atoms in total. The van der Waals surface area contributed by atoms with Crippen LogP contribution in [0.4, 0.5) is 0 Å². The molecule has 1 aliphatic heterocycles. The van der Waals surface area contributed by atoms with Crippen molar-refractivity contribution in [2.24, 2.45) is 5.92 Å². The third kappa shape index (κ3) is 4.13. The Morgan fingerprint density at radius 2 is 2.08 bits per heavy atom. The Kier molecular flexibility index (Phi) is 6.05. The number of esters is 1. The Morgan fingerprint density at radius 1 is 1.35 bits per heavy atom. The lowest BCUT2D eigenvalue weighted by Gasteiger charge is -2.29. The smallest absolute Gasteiger partial charge is 0.348 e. The summed E-state index contributed by atoms with van der Waals surface area (Å²) in [5.41, 5.74) is 0.430. The maximum Gasteiger partial charge on any atom is 0.348 e. The van der Waals surface area contributed by atoms with Crippen molar-refractivity contribution in [1.82, 2.24) is 14.9 Å². The van der Waals surface area contributed by atoms with Crippen LogP contribution in [-0.2, 0) is 16.0 Å². The Balaban J connectivity index is 1.81. The van der Waals surface area contributed by atoms with E-state index in [0.717, 1.165) is 19.0 Å². The molecule has 0 aromatic carbocycles. The molecule has 0 amide bonds. The highest BCUT2D eigenvalue weighted by molar-refractivity contribution is 7.20. The summed E-state index contributed by atoms with van der Waals surface area (Å²) in [6.45, 7) is 7.22. The first-order valence-electron chi connectivity index (χ1n) is 8.90. The molecular formula is C18H25N3O4S. The van der Waals surface area contributed by atoms with Gasteiger partial charge in [0.25, 0.3) is 5.56 Å². The third-order valence-corrected chi connectivity index (χ3v) is 5.97. The number of fused-ring (bicyclic) bond motifs is 1. The number of carbonyl (C=O) groups excluding carboxylic acids is 1. The van der Waals surface area contributed by atoms with E-state index in [1.54, 1.807) is 14.0 Å². The van der Waals surface area contributed by atoms with Crippen LogP contribution >= 0.6 is 11.3 Å². The van der Waals surface area contributed by atoms with Crippen molar-refractivity contribution in [3.8, 4) is 0 Å². The molecule has 0 aliphatic carbocycles. The second kappa shape index (κ2) is 8.28. The first-order valence-corrected chi connectivity index (χ1v) is 9.72. The fourth-order valence-electron chi connectivity index (χ4n) is 3.17. The summed E-state index contributed by atoms with van der Waals surface area (Å²) < 4.78 is 10.1. The summed E-state index contributed by atoms with van der Waals surface area (Å²) in [6.07, 6.45) is 2.34. The van der Waals surface area contributed by atoms with Gasteiger partial charge in [0.1, 0.15) is 22.1 Å². The zero-order valence-electron chi connectivity index (χ0n) is 15.5. The van der Waals surface area contributed by atoms with E-state index in [9.17, 15) is 9.59 Å². The minimum atomic E-state index is -0.437. The van der Waals surface area contributed by atoms with Gasteiger partial charge < -0.3 is 14.5 Å². The Labute approximate surface area is 156 Å². The number of thiophene rings is 1. The Hall–Kier alpha value is -1.77. The Morgan fingerprint density at radius 3 is 2.77 bits per heavy atom.